The minimum absolute atomic E-state index is 0.101. The molecule has 1 fully saturated rings. The first-order chi connectivity index (χ1) is 12.8. The number of hydrogen-bond donors (Lipinski definition) is 1. The van der Waals surface area contributed by atoms with Crippen LogP contribution >= 0.6 is 0 Å². The lowest BCUT2D eigenvalue weighted by Crippen LogP contribution is -2.42. The second-order valence-electron chi connectivity index (χ2n) is 5.98. The molecule has 3 heterocycles. The van der Waals surface area contributed by atoms with Crippen molar-refractivity contribution in [3.05, 3.63) is 41.9 Å². The van der Waals surface area contributed by atoms with E-state index >= 15 is 0 Å². The highest BCUT2D eigenvalue weighted by Gasteiger charge is 2.31. The number of nitrogens with one attached hydrogen (secondary N) is 1. The number of benzene rings is 1. The van der Waals surface area contributed by atoms with Gasteiger partial charge >= 0.3 is 0 Å². The van der Waals surface area contributed by atoms with Crippen molar-refractivity contribution in [1.82, 2.24) is 14.9 Å². The van der Waals surface area contributed by atoms with E-state index in [2.05, 4.69) is 15.3 Å². The van der Waals surface area contributed by atoms with Gasteiger partial charge in [0.25, 0.3) is 5.91 Å². The zero-order valence-electron chi connectivity index (χ0n) is 14.5. The van der Waals surface area contributed by atoms with E-state index in [0.29, 0.717) is 61.5 Å². The summed E-state index contributed by atoms with van der Waals surface area (Å²) in [5.74, 6) is 1.68. The molecule has 1 saturated heterocycles. The van der Waals surface area contributed by atoms with Crippen molar-refractivity contribution in [3.8, 4) is 11.5 Å². The van der Waals surface area contributed by atoms with Gasteiger partial charge in [-0.2, -0.15) is 0 Å². The van der Waals surface area contributed by atoms with Crippen LogP contribution in [-0.2, 0) is 4.74 Å². The molecule has 2 aliphatic heterocycles. The summed E-state index contributed by atoms with van der Waals surface area (Å²) in [6, 6.07) is 5.38. The van der Waals surface area contributed by atoms with Crippen molar-refractivity contribution >= 4 is 11.7 Å². The summed E-state index contributed by atoms with van der Waals surface area (Å²) in [5.41, 5.74) is 1.21. The Morgan fingerprint density at radius 3 is 2.92 bits per heavy atom. The predicted molar refractivity (Wildman–Crippen MR) is 93.6 cm³/mol. The van der Waals surface area contributed by atoms with Crippen LogP contribution in [0.2, 0.25) is 0 Å². The molecule has 1 atom stereocenters. The van der Waals surface area contributed by atoms with E-state index in [9.17, 15) is 4.79 Å². The lowest BCUT2D eigenvalue weighted by molar-refractivity contribution is -0.0246. The van der Waals surface area contributed by atoms with Crippen LogP contribution in [0.25, 0.3) is 0 Å². The van der Waals surface area contributed by atoms with Crippen molar-refractivity contribution in [2.75, 3.05) is 45.3 Å². The molecule has 8 nitrogen and oxygen atoms in total. The average Bonchev–Trinajstić information content (AvgIpc) is 2.73. The van der Waals surface area contributed by atoms with Crippen molar-refractivity contribution in [3.63, 3.8) is 0 Å². The molecule has 0 unspecified atom stereocenters. The number of nitrogens with zero attached hydrogens (tertiary/aromatic N) is 3. The Morgan fingerprint density at radius 1 is 1.19 bits per heavy atom. The molecule has 0 saturated carbocycles. The van der Waals surface area contributed by atoms with E-state index in [0.717, 1.165) is 0 Å². The molecule has 0 spiro atoms. The summed E-state index contributed by atoms with van der Waals surface area (Å²) in [7, 11) is 1.78. The van der Waals surface area contributed by atoms with Crippen LogP contribution in [0, 0.1) is 0 Å². The number of carbonyl (C=O) groups is 1. The molecular formula is C18H20N4O4. The number of carbonyl (C=O) groups excluding carboxylic acids is 1. The number of anilines is 1. The van der Waals surface area contributed by atoms with Gasteiger partial charge in [0.15, 0.2) is 11.5 Å². The number of hydrogen-bond acceptors (Lipinski definition) is 7. The van der Waals surface area contributed by atoms with Gasteiger partial charge in [-0.1, -0.05) is 6.07 Å². The SMILES string of the molecule is CNc1nccnc1[C@@H]1CN(C(=O)c2cccc3c2OCCO3)CCO1. The van der Waals surface area contributed by atoms with Crippen LogP contribution in [0.3, 0.4) is 0 Å². The molecule has 1 N–H and O–H groups in total. The molecule has 2 aliphatic rings. The minimum Gasteiger partial charge on any atom is -0.486 e. The lowest BCUT2D eigenvalue weighted by atomic mass is 10.1. The second kappa shape index (κ2) is 7.17. The highest BCUT2D eigenvalue weighted by molar-refractivity contribution is 5.98. The van der Waals surface area contributed by atoms with Gasteiger partial charge in [0.1, 0.15) is 30.8 Å². The number of rotatable bonds is 3. The minimum atomic E-state index is -0.333. The number of para-hydroxylation sites is 1. The molecule has 26 heavy (non-hydrogen) atoms. The maximum Gasteiger partial charge on any atom is 0.257 e. The number of fused-ring (bicyclic) bond motifs is 1. The van der Waals surface area contributed by atoms with Gasteiger partial charge < -0.3 is 24.4 Å². The second-order valence-corrected chi connectivity index (χ2v) is 5.98. The summed E-state index contributed by atoms with van der Waals surface area (Å²) >= 11 is 0. The van der Waals surface area contributed by atoms with Crippen LogP contribution in [0.1, 0.15) is 22.2 Å². The maximum atomic E-state index is 13.1. The standard InChI is InChI=1S/C18H20N4O4/c1-19-17-15(20-5-6-21-17)14-11-22(7-8-24-14)18(23)12-3-2-4-13-16(12)26-10-9-25-13/h2-6,14H,7-11H2,1H3,(H,19,21)/t14-/m0/s1. The number of ether oxygens (including phenoxy) is 3. The summed E-state index contributed by atoms with van der Waals surface area (Å²) in [6.07, 6.45) is 2.91. The van der Waals surface area contributed by atoms with Gasteiger partial charge in [-0.3, -0.25) is 9.78 Å². The third-order valence-corrected chi connectivity index (χ3v) is 4.42. The van der Waals surface area contributed by atoms with E-state index < -0.39 is 0 Å². The molecule has 0 aliphatic carbocycles. The fraction of sp³-hybridized carbons (Fsp3) is 0.389. The monoisotopic (exact) mass is 356 g/mol. The van der Waals surface area contributed by atoms with Crippen LogP contribution in [0.4, 0.5) is 5.82 Å². The van der Waals surface area contributed by atoms with Crippen molar-refractivity contribution in [2.45, 2.75) is 6.10 Å². The van der Waals surface area contributed by atoms with E-state index in [1.807, 2.05) is 6.07 Å². The Labute approximate surface area is 151 Å². The van der Waals surface area contributed by atoms with Crippen molar-refractivity contribution in [2.24, 2.45) is 0 Å². The lowest BCUT2D eigenvalue weighted by Gasteiger charge is -2.33. The molecule has 2 aromatic rings. The Bertz CT molecular complexity index is 814. The van der Waals surface area contributed by atoms with E-state index in [4.69, 9.17) is 14.2 Å². The molecular weight excluding hydrogens is 336 g/mol. The Balaban J connectivity index is 1.58. The smallest absolute Gasteiger partial charge is 0.257 e. The zero-order valence-corrected chi connectivity index (χ0v) is 14.5. The quantitative estimate of drug-likeness (QED) is 0.892. The van der Waals surface area contributed by atoms with Crippen LogP contribution in [-0.4, -0.2) is 60.7 Å². The van der Waals surface area contributed by atoms with Gasteiger partial charge in [0.05, 0.1) is 18.7 Å². The average molecular weight is 356 g/mol. The Kier molecular flexibility index (Phi) is 4.57. The fourth-order valence-electron chi connectivity index (χ4n) is 3.19. The fourth-order valence-corrected chi connectivity index (χ4v) is 3.19. The van der Waals surface area contributed by atoms with Crippen LogP contribution in [0.5, 0.6) is 11.5 Å². The summed E-state index contributed by atoms with van der Waals surface area (Å²) in [5, 5.41) is 3.02. The predicted octanol–water partition coefficient (Wildman–Crippen LogP) is 1.50. The summed E-state index contributed by atoms with van der Waals surface area (Å²) < 4.78 is 17.1. The first-order valence-corrected chi connectivity index (χ1v) is 8.56. The third kappa shape index (κ3) is 3.03. The van der Waals surface area contributed by atoms with E-state index in [1.54, 1.807) is 36.5 Å². The molecule has 1 amide bonds. The molecule has 0 bridgehead atoms. The van der Waals surface area contributed by atoms with Crippen LogP contribution in [0.15, 0.2) is 30.6 Å². The highest BCUT2D eigenvalue weighted by atomic mass is 16.6. The molecule has 0 radical (unpaired) electrons. The highest BCUT2D eigenvalue weighted by Crippen LogP contribution is 2.35. The Morgan fingerprint density at radius 2 is 2.04 bits per heavy atom. The van der Waals surface area contributed by atoms with Gasteiger partial charge in [-0.15, -0.1) is 0 Å². The van der Waals surface area contributed by atoms with Gasteiger partial charge in [-0.05, 0) is 12.1 Å². The molecule has 136 valence electrons. The molecule has 1 aromatic carbocycles. The zero-order chi connectivity index (χ0) is 17.9. The number of aromatic nitrogens is 2. The van der Waals surface area contributed by atoms with E-state index in [-0.39, 0.29) is 12.0 Å². The molecule has 1 aromatic heterocycles. The van der Waals surface area contributed by atoms with Gasteiger partial charge in [0, 0.05) is 26.0 Å². The van der Waals surface area contributed by atoms with Gasteiger partial charge in [0.2, 0.25) is 0 Å². The Hall–Kier alpha value is -2.87. The summed E-state index contributed by atoms with van der Waals surface area (Å²) in [6.45, 7) is 2.27. The number of morpholine rings is 1. The molecule has 4 rings (SSSR count). The van der Waals surface area contributed by atoms with Crippen molar-refractivity contribution in [1.29, 1.82) is 0 Å². The maximum absolute atomic E-state index is 13.1. The topological polar surface area (TPSA) is 85.8 Å². The normalized spacial score (nSPS) is 19.1. The largest absolute Gasteiger partial charge is 0.486 e. The van der Waals surface area contributed by atoms with E-state index in [1.165, 1.54) is 0 Å². The third-order valence-electron chi connectivity index (χ3n) is 4.42. The summed E-state index contributed by atoms with van der Waals surface area (Å²) in [4.78, 5) is 23.5. The van der Waals surface area contributed by atoms with Gasteiger partial charge in [-0.25, -0.2) is 4.98 Å². The van der Waals surface area contributed by atoms with Crippen LogP contribution < -0.4 is 14.8 Å². The number of amides is 1. The van der Waals surface area contributed by atoms with Crippen molar-refractivity contribution < 1.29 is 19.0 Å². The molecule has 8 heteroatoms. The first kappa shape index (κ1) is 16.6. The first-order valence-electron chi connectivity index (χ1n) is 8.56.